The van der Waals surface area contributed by atoms with Gasteiger partial charge in [0.05, 0.1) is 17.7 Å². The molecule has 0 amide bonds. The van der Waals surface area contributed by atoms with Crippen molar-refractivity contribution in [3.05, 3.63) is 0 Å². The van der Waals surface area contributed by atoms with Crippen LogP contribution in [0.3, 0.4) is 0 Å². The van der Waals surface area contributed by atoms with E-state index in [1.807, 2.05) is 0 Å². The number of halogens is 3. The van der Waals surface area contributed by atoms with Crippen LogP contribution in [-0.4, -0.2) is 23.9 Å². The Morgan fingerprint density at radius 1 is 1.28 bits per heavy atom. The maximum atomic E-state index is 12.6. The van der Waals surface area contributed by atoms with Crippen molar-refractivity contribution >= 4 is 17.2 Å². The predicted octanol–water partition coefficient (Wildman–Crippen LogP) is 3.29. The fourth-order valence-electron chi connectivity index (χ4n) is 2.58. The summed E-state index contributed by atoms with van der Waals surface area (Å²) in [6.07, 6.45) is -1.79. The highest BCUT2D eigenvalue weighted by Crippen LogP contribution is 2.32. The van der Waals surface area contributed by atoms with Crippen LogP contribution in [0.25, 0.3) is 0 Å². The first kappa shape index (κ1) is 15.7. The molecule has 3 atom stereocenters. The monoisotopic (exact) mass is 283 g/mol. The molecule has 6 heteroatoms. The molecule has 0 aliphatic heterocycles. The molecule has 0 bridgehead atoms. The molecule has 0 aromatic rings. The van der Waals surface area contributed by atoms with E-state index >= 15 is 0 Å². The lowest BCUT2D eigenvalue weighted by molar-refractivity contribution is -0.173. The van der Waals surface area contributed by atoms with Crippen LogP contribution >= 0.6 is 12.2 Å². The van der Waals surface area contributed by atoms with Crippen LogP contribution in [0.4, 0.5) is 13.2 Å². The largest absolute Gasteiger partial charge is 0.400 e. The van der Waals surface area contributed by atoms with Crippen LogP contribution in [0.5, 0.6) is 0 Å². The van der Waals surface area contributed by atoms with Crippen molar-refractivity contribution in [1.29, 1.82) is 0 Å². The summed E-state index contributed by atoms with van der Waals surface area (Å²) in [6, 6.07) is 0. The number of hydrogen-bond acceptors (Lipinski definition) is 2. The maximum absolute atomic E-state index is 12.6. The molecule has 3 unspecified atom stereocenters. The Balaban J connectivity index is 2.50. The van der Waals surface area contributed by atoms with Crippen LogP contribution in [0.2, 0.25) is 0 Å². The Labute approximate surface area is 111 Å². The number of rotatable bonds is 4. The normalized spacial score (nSPS) is 31.1. The molecule has 1 aliphatic rings. The third-order valence-electron chi connectivity index (χ3n) is 3.37. The van der Waals surface area contributed by atoms with E-state index in [-0.39, 0.29) is 6.10 Å². The SMILES string of the molecule is CC1CC(C)CC(OCC(C(N)=S)C(F)(F)F)C1. The van der Waals surface area contributed by atoms with Gasteiger partial charge in [0.25, 0.3) is 0 Å². The number of hydrogen-bond donors (Lipinski definition) is 1. The smallest absolute Gasteiger partial charge is 0.393 e. The summed E-state index contributed by atoms with van der Waals surface area (Å²) in [7, 11) is 0. The maximum Gasteiger partial charge on any atom is 0.400 e. The summed E-state index contributed by atoms with van der Waals surface area (Å²) in [4.78, 5) is -0.542. The summed E-state index contributed by atoms with van der Waals surface area (Å²) < 4.78 is 43.3. The standard InChI is InChI=1S/C12H20F3NOS/c1-7-3-8(2)5-9(4-7)17-6-10(11(16)18)12(13,14)15/h7-10H,3-6H2,1-2H3,(H2,16,18). The van der Waals surface area contributed by atoms with Crippen LogP contribution in [0, 0.1) is 17.8 Å². The zero-order chi connectivity index (χ0) is 13.9. The molecular weight excluding hydrogens is 263 g/mol. The van der Waals surface area contributed by atoms with Gasteiger partial charge in [-0.25, -0.2) is 0 Å². The minimum absolute atomic E-state index is 0.108. The van der Waals surface area contributed by atoms with E-state index in [0.717, 1.165) is 19.3 Å². The van der Waals surface area contributed by atoms with Gasteiger partial charge in [-0.05, 0) is 31.1 Å². The molecule has 0 spiro atoms. The van der Waals surface area contributed by atoms with Gasteiger partial charge in [0, 0.05) is 0 Å². The molecule has 0 radical (unpaired) electrons. The average molecular weight is 283 g/mol. The zero-order valence-electron chi connectivity index (χ0n) is 10.7. The molecule has 0 heterocycles. The first-order valence-corrected chi connectivity index (χ1v) is 6.58. The molecule has 1 aliphatic carbocycles. The van der Waals surface area contributed by atoms with Gasteiger partial charge in [-0.1, -0.05) is 26.1 Å². The second-order valence-electron chi connectivity index (χ2n) is 5.37. The van der Waals surface area contributed by atoms with Crippen molar-refractivity contribution in [2.75, 3.05) is 6.61 Å². The van der Waals surface area contributed by atoms with Gasteiger partial charge in [-0.3, -0.25) is 0 Å². The number of ether oxygens (including phenoxy) is 1. The lowest BCUT2D eigenvalue weighted by Crippen LogP contribution is -2.39. The van der Waals surface area contributed by atoms with Gasteiger partial charge >= 0.3 is 6.18 Å². The highest BCUT2D eigenvalue weighted by molar-refractivity contribution is 7.80. The highest BCUT2D eigenvalue weighted by atomic mass is 32.1. The topological polar surface area (TPSA) is 35.2 Å². The average Bonchev–Trinajstić information content (AvgIpc) is 2.12. The lowest BCUT2D eigenvalue weighted by Gasteiger charge is -2.32. The fourth-order valence-corrected chi connectivity index (χ4v) is 2.78. The van der Waals surface area contributed by atoms with Crippen molar-refractivity contribution in [1.82, 2.24) is 0 Å². The number of thiocarbonyl (C=S) groups is 1. The molecule has 1 rings (SSSR count). The molecule has 1 fully saturated rings. The first-order valence-electron chi connectivity index (χ1n) is 6.17. The molecule has 2 N–H and O–H groups in total. The summed E-state index contributed by atoms with van der Waals surface area (Å²) in [6.45, 7) is 3.74. The quantitative estimate of drug-likeness (QED) is 0.804. The minimum atomic E-state index is -4.42. The van der Waals surface area contributed by atoms with Gasteiger partial charge in [0.2, 0.25) is 0 Å². The Morgan fingerprint density at radius 2 is 1.78 bits per heavy atom. The van der Waals surface area contributed by atoms with E-state index in [1.165, 1.54) is 0 Å². The molecule has 0 aromatic carbocycles. The van der Waals surface area contributed by atoms with Gasteiger partial charge < -0.3 is 10.5 Å². The summed E-state index contributed by atoms with van der Waals surface area (Å²) in [5.41, 5.74) is 5.12. The van der Waals surface area contributed by atoms with Crippen LogP contribution in [0.15, 0.2) is 0 Å². The lowest BCUT2D eigenvalue weighted by atomic mass is 9.82. The van der Waals surface area contributed by atoms with E-state index in [9.17, 15) is 13.2 Å². The van der Waals surface area contributed by atoms with Crippen LogP contribution in [-0.2, 0) is 4.74 Å². The molecule has 1 saturated carbocycles. The van der Waals surface area contributed by atoms with E-state index in [1.54, 1.807) is 0 Å². The van der Waals surface area contributed by atoms with Crippen molar-refractivity contribution in [2.24, 2.45) is 23.5 Å². The van der Waals surface area contributed by atoms with Crippen molar-refractivity contribution < 1.29 is 17.9 Å². The van der Waals surface area contributed by atoms with Crippen molar-refractivity contribution in [3.63, 3.8) is 0 Å². The number of alkyl halides is 3. The third kappa shape index (κ3) is 4.72. The van der Waals surface area contributed by atoms with E-state index in [4.69, 9.17) is 10.5 Å². The van der Waals surface area contributed by atoms with E-state index in [2.05, 4.69) is 26.1 Å². The Kier molecular flexibility index (Phi) is 5.40. The molecule has 0 saturated heterocycles. The first-order chi connectivity index (χ1) is 8.20. The summed E-state index contributed by atoms with van der Waals surface area (Å²) in [5, 5.41) is 0. The van der Waals surface area contributed by atoms with Gasteiger partial charge in [0.15, 0.2) is 0 Å². The highest BCUT2D eigenvalue weighted by Gasteiger charge is 2.42. The molecular formula is C12H20F3NOS. The Hall–Kier alpha value is -0.360. The Bertz CT molecular complexity index is 286. The summed E-state index contributed by atoms with van der Waals surface area (Å²) >= 11 is 4.46. The van der Waals surface area contributed by atoms with Gasteiger partial charge in [-0.2, -0.15) is 13.2 Å². The molecule has 0 aromatic heterocycles. The van der Waals surface area contributed by atoms with Crippen molar-refractivity contribution in [3.8, 4) is 0 Å². The molecule has 18 heavy (non-hydrogen) atoms. The predicted molar refractivity (Wildman–Crippen MR) is 68.2 cm³/mol. The second kappa shape index (κ2) is 6.19. The second-order valence-corrected chi connectivity index (χ2v) is 5.84. The van der Waals surface area contributed by atoms with Gasteiger partial charge in [-0.15, -0.1) is 0 Å². The van der Waals surface area contributed by atoms with Crippen LogP contribution < -0.4 is 5.73 Å². The fraction of sp³-hybridized carbons (Fsp3) is 0.917. The number of nitrogens with two attached hydrogens (primary N) is 1. The van der Waals surface area contributed by atoms with Gasteiger partial charge in [0.1, 0.15) is 5.92 Å². The van der Waals surface area contributed by atoms with Crippen LogP contribution in [0.1, 0.15) is 33.1 Å². The summed E-state index contributed by atoms with van der Waals surface area (Å²) in [5.74, 6) is -0.846. The van der Waals surface area contributed by atoms with E-state index in [0.29, 0.717) is 11.8 Å². The molecule has 106 valence electrons. The Morgan fingerprint density at radius 3 is 2.17 bits per heavy atom. The van der Waals surface area contributed by atoms with Crippen molar-refractivity contribution in [2.45, 2.75) is 45.4 Å². The zero-order valence-corrected chi connectivity index (χ0v) is 11.5. The molecule has 2 nitrogen and oxygen atoms in total. The minimum Gasteiger partial charge on any atom is -0.393 e. The van der Waals surface area contributed by atoms with E-state index < -0.39 is 23.7 Å². The third-order valence-corrected chi connectivity index (χ3v) is 3.66.